The summed E-state index contributed by atoms with van der Waals surface area (Å²) in [6.07, 6.45) is 3.18. The molecule has 0 amide bonds. The lowest BCUT2D eigenvalue weighted by molar-refractivity contribution is 0.295. The summed E-state index contributed by atoms with van der Waals surface area (Å²) in [6, 6.07) is 0.388. The van der Waals surface area contributed by atoms with Crippen molar-refractivity contribution in [2.45, 2.75) is 33.1 Å². The van der Waals surface area contributed by atoms with E-state index in [4.69, 9.17) is 4.74 Å². The van der Waals surface area contributed by atoms with Gasteiger partial charge in [0.05, 0.1) is 6.61 Å². The second kappa shape index (κ2) is 7.07. The van der Waals surface area contributed by atoms with Crippen LogP contribution in [0.15, 0.2) is 12.2 Å². The molecule has 1 fully saturated rings. The topological polar surface area (TPSA) is 63.2 Å². The van der Waals surface area contributed by atoms with Crippen LogP contribution in [-0.2, 0) is 0 Å². The van der Waals surface area contributed by atoms with Crippen LogP contribution in [0.2, 0.25) is 0 Å². The lowest BCUT2D eigenvalue weighted by atomic mass is 10.3. The normalized spacial score (nSPS) is 14.4. The molecule has 2 heterocycles. The van der Waals surface area contributed by atoms with Crippen LogP contribution >= 0.6 is 0 Å². The number of hydrogen-bond donors (Lipinski definition) is 1. The van der Waals surface area contributed by atoms with E-state index in [1.165, 1.54) is 12.8 Å². The largest absolute Gasteiger partial charge is 0.463 e. The predicted molar refractivity (Wildman–Crippen MR) is 80.4 cm³/mol. The summed E-state index contributed by atoms with van der Waals surface area (Å²) in [6.45, 7) is 11.2. The molecule has 0 atom stereocenters. The lowest BCUT2D eigenvalue weighted by Crippen LogP contribution is -2.22. The van der Waals surface area contributed by atoms with E-state index in [9.17, 15) is 0 Å². The molecule has 1 aromatic rings. The van der Waals surface area contributed by atoms with Gasteiger partial charge in [0.1, 0.15) is 0 Å². The van der Waals surface area contributed by atoms with Gasteiger partial charge in [-0.1, -0.05) is 5.57 Å². The average Bonchev–Trinajstić information content (AvgIpc) is 2.92. The van der Waals surface area contributed by atoms with Crippen LogP contribution in [0.5, 0.6) is 6.01 Å². The van der Waals surface area contributed by atoms with Crippen LogP contribution < -0.4 is 15.0 Å². The number of rotatable bonds is 7. The van der Waals surface area contributed by atoms with Gasteiger partial charge < -0.3 is 15.0 Å². The maximum Gasteiger partial charge on any atom is 0.323 e. The van der Waals surface area contributed by atoms with Crippen molar-refractivity contribution in [3.8, 4) is 6.01 Å². The molecular weight excluding hydrogens is 254 g/mol. The number of anilines is 2. The van der Waals surface area contributed by atoms with Crippen molar-refractivity contribution in [1.29, 1.82) is 0 Å². The molecule has 0 saturated carbocycles. The molecule has 2 rings (SSSR count). The van der Waals surface area contributed by atoms with E-state index in [1.54, 1.807) is 0 Å². The molecular formula is C14H23N5O. The second-order valence-corrected chi connectivity index (χ2v) is 5.02. The van der Waals surface area contributed by atoms with E-state index in [2.05, 4.69) is 31.7 Å². The Hall–Kier alpha value is -1.85. The Morgan fingerprint density at radius 1 is 1.30 bits per heavy atom. The third-order valence-electron chi connectivity index (χ3n) is 3.09. The van der Waals surface area contributed by atoms with Crippen molar-refractivity contribution in [2.75, 3.05) is 36.5 Å². The molecule has 0 unspecified atom stereocenters. The fourth-order valence-electron chi connectivity index (χ4n) is 2.02. The van der Waals surface area contributed by atoms with Gasteiger partial charge >= 0.3 is 6.01 Å². The van der Waals surface area contributed by atoms with E-state index in [0.29, 0.717) is 24.5 Å². The third-order valence-corrected chi connectivity index (χ3v) is 3.09. The van der Waals surface area contributed by atoms with Crippen LogP contribution in [0.1, 0.15) is 33.1 Å². The molecule has 1 saturated heterocycles. The van der Waals surface area contributed by atoms with Crippen molar-refractivity contribution >= 4 is 11.9 Å². The minimum Gasteiger partial charge on any atom is -0.463 e. The summed E-state index contributed by atoms with van der Waals surface area (Å²) in [5.41, 5.74) is 1.09. The molecule has 20 heavy (non-hydrogen) atoms. The van der Waals surface area contributed by atoms with Crippen LogP contribution in [0.25, 0.3) is 0 Å². The minimum atomic E-state index is 0.388. The van der Waals surface area contributed by atoms with Crippen molar-refractivity contribution in [1.82, 2.24) is 15.0 Å². The fourth-order valence-corrected chi connectivity index (χ4v) is 2.02. The Morgan fingerprint density at radius 3 is 2.70 bits per heavy atom. The fraction of sp³-hybridized carbons (Fsp3) is 0.643. The average molecular weight is 277 g/mol. The van der Waals surface area contributed by atoms with Gasteiger partial charge in [-0.15, -0.1) is 6.58 Å². The summed E-state index contributed by atoms with van der Waals surface area (Å²) >= 11 is 0. The molecule has 6 heteroatoms. The van der Waals surface area contributed by atoms with E-state index in [0.717, 1.165) is 31.6 Å². The SMILES string of the molecule is C=C(C)CCOc1nc(NCC)nc(N2CCCC2)n1. The van der Waals surface area contributed by atoms with E-state index < -0.39 is 0 Å². The molecule has 1 aromatic heterocycles. The number of ether oxygens (including phenoxy) is 1. The van der Waals surface area contributed by atoms with Gasteiger partial charge in [0.25, 0.3) is 0 Å². The first-order valence-electron chi connectivity index (χ1n) is 7.21. The highest BCUT2D eigenvalue weighted by Gasteiger charge is 2.17. The van der Waals surface area contributed by atoms with Crippen molar-refractivity contribution in [3.63, 3.8) is 0 Å². The van der Waals surface area contributed by atoms with Gasteiger partial charge in [0, 0.05) is 26.1 Å². The predicted octanol–water partition coefficient (Wildman–Crippen LogP) is 2.25. The quantitative estimate of drug-likeness (QED) is 0.771. The molecule has 6 nitrogen and oxygen atoms in total. The number of nitrogens with zero attached hydrogens (tertiary/aromatic N) is 4. The Balaban J connectivity index is 2.10. The van der Waals surface area contributed by atoms with Crippen LogP contribution in [0.3, 0.4) is 0 Å². The lowest BCUT2D eigenvalue weighted by Gasteiger charge is -2.16. The highest BCUT2D eigenvalue weighted by atomic mass is 16.5. The van der Waals surface area contributed by atoms with E-state index in [1.807, 2.05) is 13.8 Å². The molecule has 0 radical (unpaired) electrons. The zero-order chi connectivity index (χ0) is 14.4. The Bertz CT molecular complexity index is 457. The monoisotopic (exact) mass is 277 g/mol. The zero-order valence-corrected chi connectivity index (χ0v) is 12.4. The van der Waals surface area contributed by atoms with Crippen molar-refractivity contribution < 1.29 is 4.74 Å². The summed E-state index contributed by atoms with van der Waals surface area (Å²) in [7, 11) is 0. The Kier molecular flexibility index (Phi) is 5.15. The highest BCUT2D eigenvalue weighted by Crippen LogP contribution is 2.19. The maximum absolute atomic E-state index is 5.61. The van der Waals surface area contributed by atoms with Crippen molar-refractivity contribution in [3.05, 3.63) is 12.2 Å². The first-order chi connectivity index (χ1) is 9.69. The molecule has 0 aromatic carbocycles. The van der Waals surface area contributed by atoms with Gasteiger partial charge in [-0.25, -0.2) is 0 Å². The Labute approximate surface area is 120 Å². The van der Waals surface area contributed by atoms with Crippen LogP contribution in [0, 0.1) is 0 Å². The van der Waals surface area contributed by atoms with E-state index >= 15 is 0 Å². The number of nitrogens with one attached hydrogen (secondary N) is 1. The van der Waals surface area contributed by atoms with E-state index in [-0.39, 0.29) is 0 Å². The van der Waals surface area contributed by atoms with Crippen LogP contribution in [0.4, 0.5) is 11.9 Å². The zero-order valence-electron chi connectivity index (χ0n) is 12.4. The first kappa shape index (κ1) is 14.6. The second-order valence-electron chi connectivity index (χ2n) is 5.02. The molecule has 1 aliphatic rings. The minimum absolute atomic E-state index is 0.388. The summed E-state index contributed by atoms with van der Waals surface area (Å²) < 4.78 is 5.61. The molecule has 0 spiro atoms. The smallest absolute Gasteiger partial charge is 0.323 e. The standard InChI is InChI=1S/C14H23N5O/c1-4-15-12-16-13(19-8-5-6-9-19)18-14(17-12)20-10-7-11(2)3/h2,4-10H2,1,3H3,(H,15,16,17,18). The summed E-state index contributed by atoms with van der Waals surface area (Å²) in [4.78, 5) is 15.3. The first-order valence-corrected chi connectivity index (χ1v) is 7.21. The number of aromatic nitrogens is 3. The van der Waals surface area contributed by atoms with Gasteiger partial charge in [0.15, 0.2) is 0 Å². The molecule has 110 valence electrons. The highest BCUT2D eigenvalue weighted by molar-refractivity contribution is 5.39. The summed E-state index contributed by atoms with van der Waals surface area (Å²) in [5, 5.41) is 3.12. The third kappa shape index (κ3) is 4.08. The molecule has 0 aliphatic carbocycles. The van der Waals surface area contributed by atoms with Gasteiger partial charge in [-0.05, 0) is 26.7 Å². The van der Waals surface area contributed by atoms with Gasteiger partial charge in [0.2, 0.25) is 11.9 Å². The van der Waals surface area contributed by atoms with Gasteiger partial charge in [-0.2, -0.15) is 15.0 Å². The maximum atomic E-state index is 5.61. The Morgan fingerprint density at radius 2 is 2.05 bits per heavy atom. The van der Waals surface area contributed by atoms with Gasteiger partial charge in [-0.3, -0.25) is 0 Å². The van der Waals surface area contributed by atoms with Crippen LogP contribution in [-0.4, -0.2) is 41.2 Å². The molecule has 0 bridgehead atoms. The molecule has 1 N–H and O–H groups in total. The number of hydrogen-bond acceptors (Lipinski definition) is 6. The van der Waals surface area contributed by atoms with Crippen molar-refractivity contribution in [2.24, 2.45) is 0 Å². The molecule has 1 aliphatic heterocycles. The summed E-state index contributed by atoms with van der Waals surface area (Å²) in [5.74, 6) is 1.29.